The molecule has 0 fully saturated rings. The van der Waals surface area contributed by atoms with Crippen molar-refractivity contribution in [2.75, 3.05) is 0 Å². The number of benzene rings is 1. The third kappa shape index (κ3) is 5.03. The van der Waals surface area contributed by atoms with Crippen LogP contribution < -0.4 is 10.9 Å². The number of carbonyl (C=O) groups is 1. The highest BCUT2D eigenvalue weighted by atomic mass is 19.1. The van der Waals surface area contributed by atoms with Gasteiger partial charge in [-0.3, -0.25) is 14.6 Å². The van der Waals surface area contributed by atoms with E-state index in [1.165, 1.54) is 18.2 Å². The molecule has 1 amide bonds. The summed E-state index contributed by atoms with van der Waals surface area (Å²) in [4.78, 5) is 36.7. The van der Waals surface area contributed by atoms with Crippen LogP contribution in [-0.2, 0) is 12.8 Å². The molecule has 168 valence electrons. The Morgan fingerprint density at radius 1 is 1.18 bits per heavy atom. The zero-order valence-electron chi connectivity index (χ0n) is 18.1. The monoisotopic (exact) mass is 447 g/mol. The van der Waals surface area contributed by atoms with Crippen molar-refractivity contribution in [2.45, 2.75) is 32.7 Å². The van der Waals surface area contributed by atoms with Gasteiger partial charge in [0.2, 0.25) is 0 Å². The molecular weight excluding hydrogens is 425 g/mol. The van der Waals surface area contributed by atoms with Crippen LogP contribution in [0.15, 0.2) is 64.2 Å². The molecule has 8 nitrogen and oxygen atoms in total. The number of halogens is 1. The average molecular weight is 447 g/mol. The Hall–Kier alpha value is -4.14. The van der Waals surface area contributed by atoms with Crippen molar-refractivity contribution in [2.24, 2.45) is 0 Å². The van der Waals surface area contributed by atoms with Crippen molar-refractivity contribution in [1.29, 1.82) is 0 Å². The van der Waals surface area contributed by atoms with Crippen molar-refractivity contribution in [3.63, 3.8) is 0 Å². The summed E-state index contributed by atoms with van der Waals surface area (Å²) in [6.45, 7) is 3.56. The summed E-state index contributed by atoms with van der Waals surface area (Å²) in [5.41, 5.74) is 2.46. The van der Waals surface area contributed by atoms with Gasteiger partial charge in [0.25, 0.3) is 11.5 Å². The molecule has 0 bridgehead atoms. The van der Waals surface area contributed by atoms with Gasteiger partial charge in [0, 0.05) is 30.4 Å². The zero-order chi connectivity index (χ0) is 23.4. The molecule has 1 unspecified atom stereocenters. The SMILES string of the molecule is CCc1noc(C)c1C(=O)NC(Cc1cc(=O)[nH]c(-c2ccncc2)n1)c1ccc(F)cc1. The summed E-state index contributed by atoms with van der Waals surface area (Å²) in [6, 6.07) is 10.1. The molecule has 0 saturated heterocycles. The van der Waals surface area contributed by atoms with E-state index in [0.29, 0.717) is 46.1 Å². The van der Waals surface area contributed by atoms with Crippen molar-refractivity contribution < 1.29 is 13.7 Å². The normalized spacial score (nSPS) is 11.8. The molecule has 0 saturated carbocycles. The number of aromatic nitrogens is 4. The van der Waals surface area contributed by atoms with E-state index in [0.717, 1.165) is 0 Å². The number of nitrogens with zero attached hydrogens (tertiary/aromatic N) is 3. The fraction of sp³-hybridized carbons (Fsp3) is 0.208. The number of rotatable bonds is 7. The maximum atomic E-state index is 13.5. The van der Waals surface area contributed by atoms with E-state index < -0.39 is 6.04 Å². The van der Waals surface area contributed by atoms with Gasteiger partial charge in [0.1, 0.15) is 23.0 Å². The Morgan fingerprint density at radius 3 is 2.61 bits per heavy atom. The first-order valence-corrected chi connectivity index (χ1v) is 10.5. The number of amides is 1. The maximum Gasteiger partial charge on any atom is 0.257 e. The molecule has 33 heavy (non-hydrogen) atoms. The van der Waals surface area contributed by atoms with E-state index in [1.54, 1.807) is 43.6 Å². The first-order valence-electron chi connectivity index (χ1n) is 10.5. The minimum absolute atomic E-state index is 0.213. The largest absolute Gasteiger partial charge is 0.361 e. The Balaban J connectivity index is 1.68. The molecule has 2 N–H and O–H groups in total. The van der Waals surface area contributed by atoms with Crippen LogP contribution in [-0.4, -0.2) is 26.0 Å². The molecule has 0 aliphatic carbocycles. The summed E-state index contributed by atoms with van der Waals surface area (Å²) in [6.07, 6.45) is 3.96. The van der Waals surface area contributed by atoms with Crippen molar-refractivity contribution in [3.05, 3.63) is 99.3 Å². The molecule has 0 aliphatic heterocycles. The van der Waals surface area contributed by atoms with Gasteiger partial charge < -0.3 is 14.8 Å². The molecule has 1 atom stereocenters. The van der Waals surface area contributed by atoms with Gasteiger partial charge in [-0.1, -0.05) is 24.2 Å². The van der Waals surface area contributed by atoms with E-state index in [9.17, 15) is 14.0 Å². The highest BCUT2D eigenvalue weighted by Gasteiger charge is 2.23. The molecule has 4 rings (SSSR count). The van der Waals surface area contributed by atoms with Crippen molar-refractivity contribution in [3.8, 4) is 11.4 Å². The Bertz CT molecular complexity index is 1320. The number of aryl methyl sites for hydroxylation is 2. The highest BCUT2D eigenvalue weighted by molar-refractivity contribution is 5.96. The van der Waals surface area contributed by atoms with Crippen LogP contribution in [0.25, 0.3) is 11.4 Å². The lowest BCUT2D eigenvalue weighted by Gasteiger charge is -2.19. The van der Waals surface area contributed by atoms with Crippen LogP contribution in [0.1, 0.15) is 46.0 Å². The predicted molar refractivity (Wildman–Crippen MR) is 119 cm³/mol. The molecule has 4 aromatic rings. The van der Waals surface area contributed by atoms with Gasteiger partial charge >= 0.3 is 0 Å². The second-order valence-electron chi connectivity index (χ2n) is 7.52. The van der Waals surface area contributed by atoms with E-state index in [-0.39, 0.29) is 23.7 Å². The van der Waals surface area contributed by atoms with Crippen LogP contribution >= 0.6 is 0 Å². The third-order valence-electron chi connectivity index (χ3n) is 5.23. The van der Waals surface area contributed by atoms with Crippen LogP contribution in [0.5, 0.6) is 0 Å². The van der Waals surface area contributed by atoms with Crippen molar-refractivity contribution >= 4 is 5.91 Å². The van der Waals surface area contributed by atoms with E-state index in [1.807, 2.05) is 6.92 Å². The summed E-state index contributed by atoms with van der Waals surface area (Å²) >= 11 is 0. The van der Waals surface area contributed by atoms with Crippen LogP contribution in [0.3, 0.4) is 0 Å². The molecular formula is C24H22FN5O3. The van der Waals surface area contributed by atoms with E-state index in [2.05, 4.69) is 25.4 Å². The number of H-pyrrole nitrogens is 1. The molecule has 0 spiro atoms. The first-order chi connectivity index (χ1) is 15.9. The lowest BCUT2D eigenvalue weighted by molar-refractivity contribution is 0.0934. The Kier molecular flexibility index (Phi) is 6.39. The Morgan fingerprint density at radius 2 is 1.91 bits per heavy atom. The zero-order valence-corrected chi connectivity index (χ0v) is 18.1. The number of aromatic amines is 1. The number of nitrogens with one attached hydrogen (secondary N) is 2. The lowest BCUT2D eigenvalue weighted by atomic mass is 10.0. The highest BCUT2D eigenvalue weighted by Crippen LogP contribution is 2.22. The predicted octanol–water partition coefficient (Wildman–Crippen LogP) is 3.54. The first kappa shape index (κ1) is 22.1. The molecule has 9 heteroatoms. The summed E-state index contributed by atoms with van der Waals surface area (Å²) in [7, 11) is 0. The summed E-state index contributed by atoms with van der Waals surface area (Å²) in [5.74, 6) is 0.0593. The van der Waals surface area contributed by atoms with Gasteiger partial charge in [0.05, 0.1) is 17.4 Å². The van der Waals surface area contributed by atoms with Crippen LogP contribution in [0.4, 0.5) is 4.39 Å². The van der Waals surface area contributed by atoms with Gasteiger partial charge in [0.15, 0.2) is 0 Å². The molecule has 3 aromatic heterocycles. The fourth-order valence-corrected chi connectivity index (χ4v) is 3.60. The van der Waals surface area contributed by atoms with Gasteiger partial charge in [-0.05, 0) is 43.2 Å². The van der Waals surface area contributed by atoms with Crippen LogP contribution in [0, 0.1) is 12.7 Å². The number of pyridine rings is 1. The molecule has 0 radical (unpaired) electrons. The Labute approximate surface area is 188 Å². The lowest BCUT2D eigenvalue weighted by Crippen LogP contribution is -2.31. The summed E-state index contributed by atoms with van der Waals surface area (Å²) in [5, 5.41) is 6.91. The second kappa shape index (κ2) is 9.56. The summed E-state index contributed by atoms with van der Waals surface area (Å²) < 4.78 is 18.7. The smallest absolute Gasteiger partial charge is 0.257 e. The quantitative estimate of drug-likeness (QED) is 0.448. The fourth-order valence-electron chi connectivity index (χ4n) is 3.60. The average Bonchev–Trinajstić information content (AvgIpc) is 3.20. The number of carbonyl (C=O) groups excluding carboxylic acids is 1. The minimum atomic E-state index is -0.573. The molecule has 1 aromatic carbocycles. The van der Waals surface area contributed by atoms with Crippen LogP contribution in [0.2, 0.25) is 0 Å². The van der Waals surface area contributed by atoms with E-state index >= 15 is 0 Å². The van der Waals surface area contributed by atoms with Crippen molar-refractivity contribution in [1.82, 2.24) is 25.4 Å². The van der Waals surface area contributed by atoms with E-state index in [4.69, 9.17) is 4.52 Å². The van der Waals surface area contributed by atoms with Gasteiger partial charge in [-0.15, -0.1) is 0 Å². The topological polar surface area (TPSA) is 114 Å². The maximum absolute atomic E-state index is 13.5. The molecule has 0 aliphatic rings. The van der Waals surface area contributed by atoms with Gasteiger partial charge in [-0.2, -0.15) is 0 Å². The minimum Gasteiger partial charge on any atom is -0.361 e. The second-order valence-corrected chi connectivity index (χ2v) is 7.52. The molecule has 3 heterocycles. The number of hydrogen-bond donors (Lipinski definition) is 2. The van der Waals surface area contributed by atoms with Gasteiger partial charge in [-0.25, -0.2) is 9.37 Å². The number of hydrogen-bond acceptors (Lipinski definition) is 6. The standard InChI is InChI=1S/C24H22FN5O3/c1-3-19-22(14(2)33-30-19)24(32)28-20(15-4-6-17(25)7-5-15)12-18-13-21(31)29-23(27-18)16-8-10-26-11-9-16/h4-11,13,20H,3,12H2,1-2H3,(H,28,32)(H,27,29,31). The third-order valence-corrected chi connectivity index (χ3v) is 5.23.